The third kappa shape index (κ3) is 5.27. The van der Waals surface area contributed by atoms with Crippen molar-refractivity contribution in [2.75, 3.05) is 14.2 Å². The lowest BCUT2D eigenvalue weighted by Crippen LogP contribution is -2.25. The van der Waals surface area contributed by atoms with Crippen molar-refractivity contribution in [3.8, 4) is 11.1 Å². The minimum Gasteiger partial charge on any atom is -0.466 e. The fraction of sp³-hybridized carbons (Fsp3) is 0.379. The molecule has 0 aromatic heterocycles. The normalized spacial score (nSPS) is 13.8. The third-order valence-corrected chi connectivity index (χ3v) is 6.55. The summed E-state index contributed by atoms with van der Waals surface area (Å²) >= 11 is 0. The van der Waals surface area contributed by atoms with E-state index in [0.29, 0.717) is 0 Å². The molecule has 0 N–H and O–H groups in total. The molecule has 0 unspecified atom stereocenters. The summed E-state index contributed by atoms with van der Waals surface area (Å²) in [5.74, 6) is -0.720. The highest BCUT2D eigenvalue weighted by Crippen LogP contribution is 2.54. The molecule has 0 atom stereocenters. The first-order valence-electron chi connectivity index (χ1n) is 11.8. The van der Waals surface area contributed by atoms with Gasteiger partial charge in [0.1, 0.15) is 0 Å². The third-order valence-electron chi connectivity index (χ3n) is 6.55. The van der Waals surface area contributed by atoms with Crippen LogP contribution < -0.4 is 0 Å². The van der Waals surface area contributed by atoms with Gasteiger partial charge in [-0.2, -0.15) is 0 Å². The molecule has 4 nitrogen and oxygen atoms in total. The highest BCUT2D eigenvalue weighted by Gasteiger charge is 2.42. The van der Waals surface area contributed by atoms with Gasteiger partial charge < -0.3 is 9.47 Å². The van der Waals surface area contributed by atoms with Crippen LogP contribution in [0, 0.1) is 0 Å². The second kappa shape index (κ2) is 11.1. The van der Waals surface area contributed by atoms with Crippen molar-refractivity contribution in [1.29, 1.82) is 0 Å². The first-order chi connectivity index (χ1) is 16.0. The molecule has 4 heteroatoms. The van der Waals surface area contributed by atoms with Gasteiger partial charge in [0.2, 0.25) is 0 Å². The molecule has 0 fully saturated rings. The number of fused-ring (bicyclic) bond motifs is 3. The summed E-state index contributed by atoms with van der Waals surface area (Å²) in [6.45, 7) is 4.47. The van der Waals surface area contributed by atoms with Crippen LogP contribution in [0.1, 0.15) is 74.6 Å². The number of carbonyl (C=O) groups excluding carboxylic acids is 2. The molecule has 0 heterocycles. The van der Waals surface area contributed by atoms with E-state index in [2.05, 4.69) is 50.2 Å². The molecule has 33 heavy (non-hydrogen) atoms. The summed E-state index contributed by atoms with van der Waals surface area (Å²) in [4.78, 5) is 23.2. The van der Waals surface area contributed by atoms with Crippen LogP contribution in [0.25, 0.3) is 23.3 Å². The van der Waals surface area contributed by atoms with Crippen LogP contribution in [0.15, 0.2) is 48.6 Å². The fourth-order valence-corrected chi connectivity index (χ4v) is 4.83. The maximum Gasteiger partial charge on any atom is 0.330 e. The van der Waals surface area contributed by atoms with E-state index >= 15 is 0 Å². The number of unbranched alkanes of at least 4 members (excludes halogenated alkanes) is 2. The molecule has 2 aromatic rings. The van der Waals surface area contributed by atoms with Crippen molar-refractivity contribution in [1.82, 2.24) is 0 Å². The zero-order chi connectivity index (χ0) is 23.8. The van der Waals surface area contributed by atoms with E-state index in [4.69, 9.17) is 9.47 Å². The van der Waals surface area contributed by atoms with Crippen LogP contribution in [-0.2, 0) is 24.5 Å². The molecule has 0 spiro atoms. The van der Waals surface area contributed by atoms with Crippen molar-refractivity contribution >= 4 is 24.1 Å². The van der Waals surface area contributed by atoms with Crippen LogP contribution in [0.3, 0.4) is 0 Å². The lowest BCUT2D eigenvalue weighted by molar-refractivity contribution is -0.135. The first-order valence-corrected chi connectivity index (χ1v) is 11.8. The molecule has 0 bridgehead atoms. The summed E-state index contributed by atoms with van der Waals surface area (Å²) in [7, 11) is 2.77. The number of methoxy groups -OCH3 is 2. The Morgan fingerprint density at radius 2 is 1.30 bits per heavy atom. The quantitative estimate of drug-likeness (QED) is 0.301. The standard InChI is InChI=1S/C29H34O4/c1-5-7-17-29(18-8-6-2)25-14-10-21(11-15-27(30)32-3)19-24(25)23-13-9-22(20-26(23)29)12-16-28(31)33-4/h9-16,19-20H,5-8,17-18H2,1-4H3/b15-11+,16-12+. The zero-order valence-electron chi connectivity index (χ0n) is 20.1. The Hall–Kier alpha value is -3.14. The SMILES string of the molecule is CCCCC1(CCCC)c2ccc(/C=C/C(=O)OC)cc2-c2ccc(/C=C/C(=O)OC)cc21. The Bertz CT molecular complexity index is 1050. The van der Waals surface area contributed by atoms with E-state index in [1.807, 2.05) is 6.08 Å². The van der Waals surface area contributed by atoms with Crippen LogP contribution >= 0.6 is 0 Å². The largest absolute Gasteiger partial charge is 0.466 e. The smallest absolute Gasteiger partial charge is 0.330 e. The topological polar surface area (TPSA) is 52.6 Å². The lowest BCUT2D eigenvalue weighted by atomic mass is 9.70. The van der Waals surface area contributed by atoms with Crippen molar-refractivity contribution in [3.63, 3.8) is 0 Å². The van der Waals surface area contributed by atoms with E-state index in [1.54, 1.807) is 6.08 Å². The van der Waals surface area contributed by atoms with Gasteiger partial charge in [-0.1, -0.05) is 69.9 Å². The second-order valence-corrected chi connectivity index (χ2v) is 8.61. The van der Waals surface area contributed by atoms with Crippen molar-refractivity contribution in [2.45, 2.75) is 57.8 Å². The molecular weight excluding hydrogens is 412 g/mol. The Labute approximate surface area is 197 Å². The molecule has 2 aromatic carbocycles. The number of hydrogen-bond donors (Lipinski definition) is 0. The highest BCUT2D eigenvalue weighted by molar-refractivity contribution is 5.90. The number of esters is 2. The fourth-order valence-electron chi connectivity index (χ4n) is 4.83. The predicted molar refractivity (Wildman–Crippen MR) is 134 cm³/mol. The van der Waals surface area contributed by atoms with E-state index < -0.39 is 0 Å². The minimum absolute atomic E-state index is 0.0452. The summed E-state index contributed by atoms with van der Waals surface area (Å²) in [6, 6.07) is 13.0. The van der Waals surface area contributed by atoms with Gasteiger partial charge in [0.05, 0.1) is 14.2 Å². The minimum atomic E-state index is -0.363. The van der Waals surface area contributed by atoms with Gasteiger partial charge in [0, 0.05) is 17.6 Å². The molecule has 3 rings (SSSR count). The molecule has 0 amide bonds. The van der Waals surface area contributed by atoms with Crippen LogP contribution in [0.4, 0.5) is 0 Å². The lowest BCUT2D eigenvalue weighted by Gasteiger charge is -2.33. The summed E-state index contributed by atoms with van der Waals surface area (Å²) in [5.41, 5.74) is 7.09. The first kappa shape index (κ1) is 24.5. The van der Waals surface area contributed by atoms with E-state index in [-0.39, 0.29) is 17.4 Å². The molecular formula is C29H34O4. The Balaban J connectivity index is 2.15. The highest BCUT2D eigenvalue weighted by atomic mass is 16.5. The van der Waals surface area contributed by atoms with Gasteiger partial charge in [0.25, 0.3) is 0 Å². The van der Waals surface area contributed by atoms with E-state index in [9.17, 15) is 9.59 Å². The number of rotatable bonds is 10. The molecule has 0 radical (unpaired) electrons. The molecule has 174 valence electrons. The molecule has 1 aliphatic carbocycles. The van der Waals surface area contributed by atoms with E-state index in [0.717, 1.165) is 49.7 Å². The Morgan fingerprint density at radius 3 is 1.85 bits per heavy atom. The molecule has 0 saturated heterocycles. The maximum absolute atomic E-state index is 11.6. The average Bonchev–Trinajstić information content (AvgIpc) is 3.11. The van der Waals surface area contributed by atoms with Crippen LogP contribution in [0.5, 0.6) is 0 Å². The van der Waals surface area contributed by atoms with Gasteiger partial charge >= 0.3 is 11.9 Å². The van der Waals surface area contributed by atoms with Gasteiger partial charge in [-0.15, -0.1) is 0 Å². The molecule has 0 saturated carbocycles. The van der Waals surface area contributed by atoms with Gasteiger partial charge in [0.15, 0.2) is 0 Å². The van der Waals surface area contributed by atoms with Gasteiger partial charge in [-0.3, -0.25) is 0 Å². The number of benzene rings is 2. The summed E-state index contributed by atoms with van der Waals surface area (Å²) in [6.07, 6.45) is 13.3. The van der Waals surface area contributed by atoms with E-state index in [1.165, 1.54) is 48.6 Å². The number of ether oxygens (including phenoxy) is 2. The zero-order valence-corrected chi connectivity index (χ0v) is 20.1. The summed E-state index contributed by atoms with van der Waals surface area (Å²) < 4.78 is 9.50. The monoisotopic (exact) mass is 446 g/mol. The van der Waals surface area contributed by atoms with Gasteiger partial charge in [-0.25, -0.2) is 9.59 Å². The molecule has 1 aliphatic rings. The second-order valence-electron chi connectivity index (χ2n) is 8.61. The predicted octanol–water partition coefficient (Wildman–Crippen LogP) is 6.71. The molecule has 0 aliphatic heterocycles. The van der Waals surface area contributed by atoms with Crippen molar-refractivity contribution < 1.29 is 19.1 Å². The Morgan fingerprint density at radius 1 is 0.758 bits per heavy atom. The summed E-state index contributed by atoms with van der Waals surface area (Å²) in [5, 5.41) is 0. The van der Waals surface area contributed by atoms with Gasteiger partial charge in [-0.05, 0) is 64.4 Å². The van der Waals surface area contributed by atoms with Crippen LogP contribution in [-0.4, -0.2) is 26.2 Å². The van der Waals surface area contributed by atoms with Crippen molar-refractivity contribution in [2.24, 2.45) is 0 Å². The van der Waals surface area contributed by atoms with Crippen LogP contribution in [0.2, 0.25) is 0 Å². The Kier molecular flexibility index (Phi) is 8.26. The maximum atomic E-state index is 11.6. The average molecular weight is 447 g/mol. The number of hydrogen-bond acceptors (Lipinski definition) is 4. The van der Waals surface area contributed by atoms with Crippen molar-refractivity contribution in [3.05, 3.63) is 70.8 Å². The number of carbonyl (C=O) groups is 2.